The van der Waals surface area contributed by atoms with E-state index in [0.717, 1.165) is 5.56 Å². The highest BCUT2D eigenvalue weighted by Gasteiger charge is 2.11. The molecule has 7 heteroatoms. The number of benzene rings is 3. The summed E-state index contributed by atoms with van der Waals surface area (Å²) in [5, 5.41) is 21.4. The molecule has 0 saturated carbocycles. The van der Waals surface area contributed by atoms with E-state index in [1.807, 2.05) is 25.1 Å². The minimum absolute atomic E-state index is 0.0414. The molecule has 1 N–H and O–H groups in total. The highest BCUT2D eigenvalue weighted by molar-refractivity contribution is 9.10. The van der Waals surface area contributed by atoms with Crippen LogP contribution in [0.25, 0.3) is 6.08 Å². The first-order valence-corrected chi connectivity index (χ1v) is 10.9. The van der Waals surface area contributed by atoms with Crippen LogP contribution in [0, 0.1) is 22.7 Å². The van der Waals surface area contributed by atoms with Gasteiger partial charge in [0.25, 0.3) is 5.91 Å². The molecule has 0 fully saturated rings. The average molecular weight is 502 g/mol. The lowest BCUT2D eigenvalue weighted by atomic mass is 10.1. The van der Waals surface area contributed by atoms with E-state index in [-0.39, 0.29) is 12.2 Å². The van der Waals surface area contributed by atoms with Gasteiger partial charge >= 0.3 is 0 Å². The molecule has 1 amide bonds. The van der Waals surface area contributed by atoms with Crippen LogP contribution in [-0.2, 0) is 11.4 Å². The van der Waals surface area contributed by atoms with Crippen molar-refractivity contribution in [1.82, 2.24) is 0 Å². The third-order valence-corrected chi connectivity index (χ3v) is 5.18. The second-order valence-corrected chi connectivity index (χ2v) is 7.69. The number of carbonyl (C=O) groups excluding carboxylic acids is 1. The molecule has 33 heavy (non-hydrogen) atoms. The van der Waals surface area contributed by atoms with Crippen molar-refractivity contribution in [2.45, 2.75) is 13.5 Å². The molecule has 0 saturated heterocycles. The van der Waals surface area contributed by atoms with E-state index >= 15 is 0 Å². The standard InChI is InChI=1S/C26H20BrN3O3/c1-2-32-23-9-5-8-22(14-23)30-26(31)21(16-29)12-18-10-11-25(24(27)13-18)33-17-20-7-4-3-6-19(20)15-28/h3-14H,2,17H2,1H3,(H,30,31). The van der Waals surface area contributed by atoms with Gasteiger partial charge in [0.15, 0.2) is 0 Å². The molecule has 6 nitrogen and oxygen atoms in total. The molecule has 3 aromatic carbocycles. The largest absolute Gasteiger partial charge is 0.494 e. The van der Waals surface area contributed by atoms with Gasteiger partial charge in [-0.2, -0.15) is 10.5 Å². The third kappa shape index (κ3) is 6.46. The molecule has 0 heterocycles. The molecule has 0 aromatic heterocycles. The Kier molecular flexibility index (Phi) is 8.24. The SMILES string of the molecule is CCOc1cccc(NC(=O)C(C#N)=Cc2ccc(OCc3ccccc3C#N)c(Br)c2)c1. The summed E-state index contributed by atoms with van der Waals surface area (Å²) < 4.78 is 11.9. The summed E-state index contributed by atoms with van der Waals surface area (Å²) in [7, 11) is 0. The van der Waals surface area contributed by atoms with Gasteiger partial charge in [0.1, 0.15) is 29.7 Å². The smallest absolute Gasteiger partial charge is 0.266 e. The van der Waals surface area contributed by atoms with Crippen LogP contribution >= 0.6 is 15.9 Å². The summed E-state index contributed by atoms with van der Waals surface area (Å²) in [6.45, 7) is 2.63. The third-order valence-electron chi connectivity index (χ3n) is 4.56. The van der Waals surface area contributed by atoms with Crippen molar-refractivity contribution in [2.24, 2.45) is 0 Å². The van der Waals surface area contributed by atoms with Crippen molar-refractivity contribution in [3.05, 3.63) is 93.5 Å². The highest BCUT2D eigenvalue weighted by atomic mass is 79.9. The van der Waals surface area contributed by atoms with Crippen molar-refractivity contribution in [3.63, 3.8) is 0 Å². The number of nitriles is 2. The summed E-state index contributed by atoms with van der Waals surface area (Å²) in [5.74, 6) is 0.695. The first-order valence-electron chi connectivity index (χ1n) is 10.1. The monoisotopic (exact) mass is 501 g/mol. The molecule has 0 unspecified atom stereocenters. The molecular formula is C26H20BrN3O3. The Morgan fingerprint density at radius 3 is 2.61 bits per heavy atom. The summed E-state index contributed by atoms with van der Waals surface area (Å²) >= 11 is 3.47. The number of nitrogens with one attached hydrogen (secondary N) is 1. The Hall–Kier alpha value is -4.07. The molecule has 0 spiro atoms. The normalized spacial score (nSPS) is 10.6. The molecule has 0 bridgehead atoms. The zero-order chi connectivity index (χ0) is 23.6. The fourth-order valence-electron chi connectivity index (χ4n) is 2.98. The molecule has 3 aromatic rings. The average Bonchev–Trinajstić information content (AvgIpc) is 2.82. The first-order chi connectivity index (χ1) is 16.0. The van der Waals surface area contributed by atoms with Gasteiger partial charge in [-0.15, -0.1) is 0 Å². The van der Waals surface area contributed by atoms with Crippen LogP contribution in [0.3, 0.4) is 0 Å². The van der Waals surface area contributed by atoms with Crippen molar-refractivity contribution in [1.29, 1.82) is 10.5 Å². The van der Waals surface area contributed by atoms with Gasteiger partial charge in [-0.05, 0) is 64.8 Å². The van der Waals surface area contributed by atoms with E-state index in [9.17, 15) is 15.3 Å². The Bertz CT molecular complexity index is 1270. The van der Waals surface area contributed by atoms with Gasteiger partial charge in [-0.3, -0.25) is 4.79 Å². The van der Waals surface area contributed by atoms with E-state index < -0.39 is 5.91 Å². The summed E-state index contributed by atoms with van der Waals surface area (Å²) in [5.41, 5.74) is 2.49. The zero-order valence-electron chi connectivity index (χ0n) is 17.8. The van der Waals surface area contributed by atoms with Crippen LogP contribution in [0.1, 0.15) is 23.6 Å². The van der Waals surface area contributed by atoms with Crippen LogP contribution in [0.4, 0.5) is 5.69 Å². The lowest BCUT2D eigenvalue weighted by molar-refractivity contribution is -0.112. The van der Waals surface area contributed by atoms with E-state index in [1.165, 1.54) is 6.08 Å². The van der Waals surface area contributed by atoms with E-state index in [4.69, 9.17) is 9.47 Å². The second kappa shape index (κ2) is 11.5. The number of halogens is 1. The molecule has 0 radical (unpaired) electrons. The van der Waals surface area contributed by atoms with Gasteiger partial charge in [0.05, 0.1) is 22.7 Å². The molecular weight excluding hydrogens is 482 g/mol. The number of ether oxygens (including phenoxy) is 2. The Labute approximate surface area is 200 Å². The Balaban J connectivity index is 1.71. The molecule has 0 aliphatic carbocycles. The zero-order valence-corrected chi connectivity index (χ0v) is 19.4. The summed E-state index contributed by atoms with van der Waals surface area (Å²) in [6.07, 6.45) is 1.50. The molecule has 0 aliphatic rings. The van der Waals surface area contributed by atoms with Gasteiger partial charge in [0.2, 0.25) is 0 Å². The number of nitrogens with zero attached hydrogens (tertiary/aromatic N) is 2. The van der Waals surface area contributed by atoms with Crippen molar-refractivity contribution in [2.75, 3.05) is 11.9 Å². The van der Waals surface area contributed by atoms with Gasteiger partial charge in [0, 0.05) is 17.3 Å². The highest BCUT2D eigenvalue weighted by Crippen LogP contribution is 2.28. The second-order valence-electron chi connectivity index (χ2n) is 6.83. The van der Waals surface area contributed by atoms with Crippen LogP contribution in [-0.4, -0.2) is 12.5 Å². The maximum absolute atomic E-state index is 12.6. The Morgan fingerprint density at radius 2 is 1.88 bits per heavy atom. The fraction of sp³-hybridized carbons (Fsp3) is 0.115. The molecule has 0 aliphatic heterocycles. The number of hydrogen-bond acceptors (Lipinski definition) is 5. The van der Waals surface area contributed by atoms with E-state index in [2.05, 4.69) is 27.3 Å². The summed E-state index contributed by atoms with van der Waals surface area (Å²) in [6, 6.07) is 23.5. The topological polar surface area (TPSA) is 95.1 Å². The first kappa shape index (κ1) is 23.6. The van der Waals surface area contributed by atoms with Crippen LogP contribution in [0.15, 0.2) is 76.8 Å². The minimum atomic E-state index is -0.518. The summed E-state index contributed by atoms with van der Waals surface area (Å²) in [4.78, 5) is 12.6. The number of amides is 1. The van der Waals surface area contributed by atoms with Gasteiger partial charge in [-0.1, -0.05) is 30.3 Å². The molecule has 0 atom stereocenters. The van der Waals surface area contributed by atoms with Crippen LogP contribution in [0.2, 0.25) is 0 Å². The number of hydrogen-bond donors (Lipinski definition) is 1. The number of rotatable bonds is 8. The predicted molar refractivity (Wildman–Crippen MR) is 129 cm³/mol. The molecule has 164 valence electrons. The maximum Gasteiger partial charge on any atom is 0.266 e. The van der Waals surface area contributed by atoms with Crippen molar-refractivity contribution >= 4 is 33.6 Å². The minimum Gasteiger partial charge on any atom is -0.494 e. The van der Waals surface area contributed by atoms with Crippen LogP contribution < -0.4 is 14.8 Å². The predicted octanol–water partition coefficient (Wildman–Crippen LogP) is 5.84. The Morgan fingerprint density at radius 1 is 1.06 bits per heavy atom. The van der Waals surface area contributed by atoms with E-state index in [1.54, 1.807) is 54.6 Å². The lowest BCUT2D eigenvalue weighted by Crippen LogP contribution is -2.13. The van der Waals surface area contributed by atoms with Crippen LogP contribution in [0.5, 0.6) is 11.5 Å². The quantitative estimate of drug-likeness (QED) is 0.308. The van der Waals surface area contributed by atoms with Crippen molar-refractivity contribution < 1.29 is 14.3 Å². The van der Waals surface area contributed by atoms with Crippen molar-refractivity contribution in [3.8, 4) is 23.6 Å². The van der Waals surface area contributed by atoms with E-state index in [0.29, 0.717) is 39.4 Å². The number of carbonyl (C=O) groups is 1. The van der Waals surface area contributed by atoms with Gasteiger partial charge < -0.3 is 14.8 Å². The maximum atomic E-state index is 12.6. The molecule has 3 rings (SSSR count). The number of anilines is 1. The fourth-order valence-corrected chi connectivity index (χ4v) is 3.49. The van der Waals surface area contributed by atoms with Gasteiger partial charge in [-0.25, -0.2) is 0 Å². The lowest BCUT2D eigenvalue weighted by Gasteiger charge is -2.10.